The monoisotopic (exact) mass is 410 g/mol. The van der Waals surface area contributed by atoms with E-state index in [1.54, 1.807) is 7.05 Å². The molecule has 0 aromatic heterocycles. The maximum absolute atomic E-state index is 11.8. The fourth-order valence-corrected chi connectivity index (χ4v) is 3.26. The number of anilines is 1. The van der Waals surface area contributed by atoms with Gasteiger partial charge in [-0.3, -0.25) is 9.79 Å². The standard InChI is InChI=1S/C18H27BrN4O2/c1-18(2,3)25-16(24)11-21-17(20-4)22-13-9-10-23(12-13)15-8-6-5-7-14(15)19/h5-8,13H,9-12H2,1-4H3,(H2,20,21,22). The van der Waals surface area contributed by atoms with Gasteiger partial charge in [-0.25, -0.2) is 0 Å². The van der Waals surface area contributed by atoms with Crippen molar-refractivity contribution in [2.45, 2.75) is 38.8 Å². The summed E-state index contributed by atoms with van der Waals surface area (Å²) in [5.74, 6) is 0.321. The zero-order chi connectivity index (χ0) is 18.4. The first-order valence-electron chi connectivity index (χ1n) is 8.47. The smallest absolute Gasteiger partial charge is 0.325 e. The van der Waals surface area contributed by atoms with Gasteiger partial charge in [-0.05, 0) is 55.3 Å². The molecule has 7 heteroatoms. The second-order valence-electron chi connectivity index (χ2n) is 7.04. The highest BCUT2D eigenvalue weighted by atomic mass is 79.9. The molecule has 1 atom stereocenters. The van der Waals surface area contributed by atoms with Gasteiger partial charge in [0.15, 0.2) is 5.96 Å². The lowest BCUT2D eigenvalue weighted by molar-refractivity contribution is -0.153. The molecule has 1 aromatic carbocycles. The maximum atomic E-state index is 11.8. The van der Waals surface area contributed by atoms with Crippen LogP contribution < -0.4 is 15.5 Å². The summed E-state index contributed by atoms with van der Waals surface area (Å²) in [6.45, 7) is 7.52. The van der Waals surface area contributed by atoms with Crippen molar-refractivity contribution in [3.8, 4) is 0 Å². The van der Waals surface area contributed by atoms with Crippen molar-refractivity contribution in [1.29, 1.82) is 0 Å². The van der Waals surface area contributed by atoms with Crippen LogP contribution >= 0.6 is 15.9 Å². The minimum Gasteiger partial charge on any atom is -0.459 e. The van der Waals surface area contributed by atoms with E-state index in [2.05, 4.69) is 48.6 Å². The van der Waals surface area contributed by atoms with E-state index in [0.29, 0.717) is 5.96 Å². The van der Waals surface area contributed by atoms with Crippen molar-refractivity contribution in [2.75, 3.05) is 31.6 Å². The number of aliphatic imine (C=N–C) groups is 1. The highest BCUT2D eigenvalue weighted by molar-refractivity contribution is 9.10. The largest absolute Gasteiger partial charge is 0.459 e. The maximum Gasteiger partial charge on any atom is 0.325 e. The summed E-state index contributed by atoms with van der Waals surface area (Å²) in [7, 11) is 1.70. The fraction of sp³-hybridized carbons (Fsp3) is 0.556. The molecule has 2 rings (SSSR count). The molecule has 0 aliphatic carbocycles. The SMILES string of the molecule is CN=C(NCC(=O)OC(C)(C)C)NC1CCN(c2ccccc2Br)C1. The van der Waals surface area contributed by atoms with Crippen molar-refractivity contribution in [2.24, 2.45) is 4.99 Å². The number of carbonyl (C=O) groups excluding carboxylic acids is 1. The van der Waals surface area contributed by atoms with E-state index >= 15 is 0 Å². The summed E-state index contributed by atoms with van der Waals surface area (Å²) in [4.78, 5) is 18.3. The van der Waals surface area contributed by atoms with Crippen LogP contribution in [0.1, 0.15) is 27.2 Å². The lowest BCUT2D eigenvalue weighted by atomic mass is 10.2. The van der Waals surface area contributed by atoms with Crippen molar-refractivity contribution in [3.63, 3.8) is 0 Å². The quantitative estimate of drug-likeness (QED) is 0.453. The number of nitrogens with one attached hydrogen (secondary N) is 2. The summed E-state index contributed by atoms with van der Waals surface area (Å²) in [5.41, 5.74) is 0.716. The van der Waals surface area contributed by atoms with Gasteiger partial charge in [0.05, 0.1) is 5.69 Å². The van der Waals surface area contributed by atoms with E-state index in [1.807, 2.05) is 32.9 Å². The van der Waals surface area contributed by atoms with Gasteiger partial charge in [0, 0.05) is 30.7 Å². The predicted octanol–water partition coefficient (Wildman–Crippen LogP) is 2.53. The zero-order valence-corrected chi connectivity index (χ0v) is 16.9. The minimum atomic E-state index is -0.481. The Morgan fingerprint density at radius 3 is 2.76 bits per heavy atom. The van der Waals surface area contributed by atoms with E-state index in [-0.39, 0.29) is 18.6 Å². The summed E-state index contributed by atoms with van der Waals surface area (Å²) < 4.78 is 6.39. The predicted molar refractivity (Wildman–Crippen MR) is 105 cm³/mol. The van der Waals surface area contributed by atoms with Gasteiger partial charge in [0.2, 0.25) is 0 Å². The van der Waals surface area contributed by atoms with Gasteiger partial charge in [0.1, 0.15) is 12.1 Å². The molecule has 1 aliphatic heterocycles. The molecule has 25 heavy (non-hydrogen) atoms. The van der Waals surface area contributed by atoms with Gasteiger partial charge in [-0.1, -0.05) is 12.1 Å². The molecule has 1 fully saturated rings. The number of guanidine groups is 1. The van der Waals surface area contributed by atoms with Crippen LogP contribution in [0.3, 0.4) is 0 Å². The Balaban J connectivity index is 1.83. The normalized spacial score (nSPS) is 18.2. The number of benzene rings is 1. The highest BCUT2D eigenvalue weighted by Gasteiger charge is 2.25. The van der Waals surface area contributed by atoms with E-state index in [4.69, 9.17) is 4.74 Å². The average Bonchev–Trinajstić information content (AvgIpc) is 2.98. The molecule has 0 saturated carbocycles. The van der Waals surface area contributed by atoms with Crippen molar-refractivity contribution < 1.29 is 9.53 Å². The fourth-order valence-electron chi connectivity index (χ4n) is 2.73. The molecule has 0 radical (unpaired) electrons. The first-order chi connectivity index (χ1) is 11.8. The Labute approximate surface area is 158 Å². The van der Waals surface area contributed by atoms with E-state index in [1.165, 1.54) is 5.69 Å². The first kappa shape index (κ1) is 19.6. The highest BCUT2D eigenvalue weighted by Crippen LogP contribution is 2.28. The second kappa shape index (κ2) is 8.56. The van der Waals surface area contributed by atoms with Gasteiger partial charge in [0.25, 0.3) is 0 Å². The molecule has 0 bridgehead atoms. The van der Waals surface area contributed by atoms with Gasteiger partial charge in [-0.15, -0.1) is 0 Å². The Kier molecular flexibility index (Phi) is 6.70. The molecule has 1 heterocycles. The Hall–Kier alpha value is -1.76. The number of halogens is 1. The molecule has 0 amide bonds. The first-order valence-corrected chi connectivity index (χ1v) is 9.26. The summed E-state index contributed by atoms with van der Waals surface area (Å²) in [6, 6.07) is 8.50. The zero-order valence-electron chi connectivity index (χ0n) is 15.3. The average molecular weight is 411 g/mol. The lowest BCUT2D eigenvalue weighted by Crippen LogP contribution is -2.46. The van der Waals surface area contributed by atoms with Crippen LogP contribution in [0.25, 0.3) is 0 Å². The second-order valence-corrected chi connectivity index (χ2v) is 7.89. The van der Waals surface area contributed by atoms with E-state index < -0.39 is 5.60 Å². The van der Waals surface area contributed by atoms with Crippen molar-refractivity contribution >= 4 is 33.5 Å². The Morgan fingerprint density at radius 2 is 2.12 bits per heavy atom. The van der Waals surface area contributed by atoms with Crippen LogP contribution in [-0.4, -0.2) is 50.3 Å². The van der Waals surface area contributed by atoms with Crippen LogP contribution in [0, 0.1) is 0 Å². The third-order valence-electron chi connectivity index (χ3n) is 3.77. The molecule has 1 saturated heterocycles. The molecule has 0 spiro atoms. The number of ether oxygens (including phenoxy) is 1. The summed E-state index contributed by atoms with van der Waals surface area (Å²) in [5, 5.41) is 6.40. The molecule has 2 N–H and O–H groups in total. The number of nitrogens with zero attached hydrogens (tertiary/aromatic N) is 2. The van der Waals surface area contributed by atoms with Crippen LogP contribution in [0.5, 0.6) is 0 Å². The number of carbonyl (C=O) groups is 1. The van der Waals surface area contributed by atoms with Crippen LogP contribution in [0.2, 0.25) is 0 Å². The third kappa shape index (κ3) is 6.23. The molecule has 1 unspecified atom stereocenters. The molecule has 1 aliphatic rings. The molecule has 138 valence electrons. The molecule has 6 nitrogen and oxygen atoms in total. The topological polar surface area (TPSA) is 66.0 Å². The summed E-state index contributed by atoms with van der Waals surface area (Å²) in [6.07, 6.45) is 1.01. The number of rotatable bonds is 4. The number of hydrogen-bond donors (Lipinski definition) is 2. The van der Waals surface area contributed by atoms with Crippen LogP contribution in [0.15, 0.2) is 33.7 Å². The number of esters is 1. The minimum absolute atomic E-state index is 0.0949. The van der Waals surface area contributed by atoms with E-state index in [9.17, 15) is 4.79 Å². The van der Waals surface area contributed by atoms with Crippen LogP contribution in [-0.2, 0) is 9.53 Å². The molecular weight excluding hydrogens is 384 g/mol. The van der Waals surface area contributed by atoms with Crippen LogP contribution in [0.4, 0.5) is 5.69 Å². The van der Waals surface area contributed by atoms with Gasteiger partial charge < -0.3 is 20.3 Å². The lowest BCUT2D eigenvalue weighted by Gasteiger charge is -2.22. The molecule has 1 aromatic rings. The number of para-hydroxylation sites is 1. The van der Waals surface area contributed by atoms with E-state index in [0.717, 1.165) is 24.0 Å². The Bertz CT molecular complexity index is 628. The summed E-state index contributed by atoms with van der Waals surface area (Å²) >= 11 is 3.61. The Morgan fingerprint density at radius 1 is 1.40 bits per heavy atom. The van der Waals surface area contributed by atoms with Crippen molar-refractivity contribution in [1.82, 2.24) is 10.6 Å². The third-order valence-corrected chi connectivity index (χ3v) is 4.44. The van der Waals surface area contributed by atoms with Crippen molar-refractivity contribution in [3.05, 3.63) is 28.7 Å². The van der Waals surface area contributed by atoms with Gasteiger partial charge in [-0.2, -0.15) is 0 Å². The van der Waals surface area contributed by atoms with Gasteiger partial charge >= 0.3 is 5.97 Å². The molecular formula is C18H27BrN4O2. The number of hydrogen-bond acceptors (Lipinski definition) is 4.